The van der Waals surface area contributed by atoms with Gasteiger partial charge in [-0.25, -0.2) is 8.42 Å². The Bertz CT molecular complexity index is 1730. The van der Waals surface area contributed by atoms with Crippen LogP contribution in [0.2, 0.25) is 10.0 Å². The number of benzene rings is 4. The Morgan fingerprint density at radius 1 is 0.867 bits per heavy atom. The van der Waals surface area contributed by atoms with Crippen molar-refractivity contribution in [3.63, 3.8) is 0 Å². The Balaban J connectivity index is 1.83. The van der Waals surface area contributed by atoms with Crippen molar-refractivity contribution in [1.29, 1.82) is 0 Å². The molecule has 4 aromatic carbocycles. The Morgan fingerprint density at radius 3 is 2.18 bits per heavy atom. The second-order valence-electron chi connectivity index (χ2n) is 10.3. The fourth-order valence-corrected chi connectivity index (χ4v) is 6.59. The molecule has 0 radical (unpaired) electrons. The molecule has 0 bridgehead atoms. The van der Waals surface area contributed by atoms with E-state index in [-0.39, 0.29) is 35.2 Å². The van der Waals surface area contributed by atoms with Gasteiger partial charge in [-0.05, 0) is 61.4 Å². The Labute approximate surface area is 274 Å². The number of rotatable bonds is 13. The van der Waals surface area contributed by atoms with E-state index in [0.717, 1.165) is 15.4 Å². The first-order chi connectivity index (χ1) is 21.5. The van der Waals surface area contributed by atoms with E-state index >= 15 is 0 Å². The molecule has 0 unspecified atom stereocenters. The van der Waals surface area contributed by atoms with Crippen LogP contribution in [0.4, 0.5) is 5.69 Å². The Hall–Kier alpha value is -4.05. The molecule has 0 heterocycles. The first-order valence-corrected chi connectivity index (χ1v) is 16.5. The predicted molar refractivity (Wildman–Crippen MR) is 178 cm³/mol. The van der Waals surface area contributed by atoms with Crippen LogP contribution in [0.1, 0.15) is 23.6 Å². The predicted octanol–water partition coefficient (Wildman–Crippen LogP) is 6.28. The maximum Gasteiger partial charge on any atom is 0.264 e. The zero-order valence-electron chi connectivity index (χ0n) is 25.2. The summed E-state index contributed by atoms with van der Waals surface area (Å²) in [6, 6.07) is 26.3. The molecule has 0 spiro atoms. The molecular weight excluding hydrogens is 633 g/mol. The molecule has 0 aromatic heterocycles. The van der Waals surface area contributed by atoms with Gasteiger partial charge in [0.2, 0.25) is 11.8 Å². The quantitative estimate of drug-likeness (QED) is 0.181. The van der Waals surface area contributed by atoms with Crippen molar-refractivity contribution >= 4 is 50.7 Å². The summed E-state index contributed by atoms with van der Waals surface area (Å²) >= 11 is 12.5. The first-order valence-electron chi connectivity index (χ1n) is 14.3. The van der Waals surface area contributed by atoms with Gasteiger partial charge in [0.1, 0.15) is 18.3 Å². The number of halogens is 2. The third-order valence-corrected chi connectivity index (χ3v) is 9.69. The van der Waals surface area contributed by atoms with E-state index in [1.807, 2.05) is 37.3 Å². The van der Waals surface area contributed by atoms with E-state index in [9.17, 15) is 18.0 Å². The number of likely N-dealkylation sites (N-methyl/N-ethyl adjacent to an activating group) is 1. The minimum atomic E-state index is -4.27. The molecular formula is C34H35Cl2N3O5S. The second-order valence-corrected chi connectivity index (χ2v) is 13.0. The number of nitrogens with zero attached hydrogens (tertiary/aromatic N) is 2. The van der Waals surface area contributed by atoms with Crippen LogP contribution in [-0.4, -0.2) is 51.4 Å². The van der Waals surface area contributed by atoms with Crippen LogP contribution in [0.5, 0.6) is 5.75 Å². The van der Waals surface area contributed by atoms with Crippen LogP contribution < -0.4 is 14.4 Å². The SMILES string of the molecule is CCOc1ccccc1N(CC(=O)N(Cc1ccc(Cl)c(Cl)c1)[C@H](Cc1ccccc1)C(=O)NC)S(=O)(=O)c1ccc(C)cc1. The molecule has 0 aliphatic heterocycles. The van der Waals surface area contributed by atoms with E-state index in [0.29, 0.717) is 16.3 Å². The lowest BCUT2D eigenvalue weighted by Crippen LogP contribution is -2.53. The number of aryl methyl sites for hydroxylation is 1. The maximum absolute atomic E-state index is 14.5. The number of anilines is 1. The third-order valence-electron chi connectivity index (χ3n) is 7.18. The average Bonchev–Trinajstić information content (AvgIpc) is 3.04. The minimum absolute atomic E-state index is 0.00960. The normalized spacial score (nSPS) is 11.8. The van der Waals surface area contributed by atoms with Gasteiger partial charge in [-0.15, -0.1) is 0 Å². The highest BCUT2D eigenvalue weighted by Crippen LogP contribution is 2.33. The Kier molecular flexibility index (Phi) is 11.5. The summed E-state index contributed by atoms with van der Waals surface area (Å²) in [5, 5.41) is 3.30. The zero-order valence-corrected chi connectivity index (χ0v) is 27.6. The summed E-state index contributed by atoms with van der Waals surface area (Å²) in [6.07, 6.45) is 0.188. The van der Waals surface area contributed by atoms with Crippen LogP contribution in [-0.2, 0) is 32.6 Å². The van der Waals surface area contributed by atoms with Crippen molar-refractivity contribution in [1.82, 2.24) is 10.2 Å². The summed E-state index contributed by atoms with van der Waals surface area (Å²) in [6.45, 7) is 3.28. The fraction of sp³-hybridized carbons (Fsp3) is 0.235. The number of para-hydroxylation sites is 2. The summed E-state index contributed by atoms with van der Waals surface area (Å²) in [5.41, 5.74) is 2.52. The number of hydrogen-bond acceptors (Lipinski definition) is 5. The molecule has 1 atom stereocenters. The fourth-order valence-electron chi connectivity index (χ4n) is 4.85. The molecule has 236 valence electrons. The monoisotopic (exact) mass is 667 g/mol. The number of amides is 2. The van der Waals surface area contributed by atoms with E-state index in [2.05, 4.69) is 5.32 Å². The third kappa shape index (κ3) is 8.36. The van der Waals surface area contributed by atoms with Crippen LogP contribution in [0.3, 0.4) is 0 Å². The Morgan fingerprint density at radius 2 is 1.53 bits per heavy atom. The molecule has 4 rings (SSSR count). The standard InChI is InChI=1S/C34H35Cl2N3O5S/c1-4-44-32-13-9-8-12-30(32)39(45(42,43)27-17-14-24(2)15-18-27)23-33(40)38(22-26-16-19-28(35)29(36)20-26)31(34(41)37-3)21-25-10-6-5-7-11-25/h5-20,31H,4,21-23H2,1-3H3,(H,37,41)/t31-/m1/s1. The molecule has 1 N–H and O–H groups in total. The van der Waals surface area contributed by atoms with Crippen molar-refractivity contribution in [3.05, 3.63) is 124 Å². The lowest BCUT2D eigenvalue weighted by Gasteiger charge is -2.34. The summed E-state index contributed by atoms with van der Waals surface area (Å²) in [5.74, 6) is -0.714. The van der Waals surface area contributed by atoms with E-state index < -0.39 is 34.4 Å². The molecule has 45 heavy (non-hydrogen) atoms. The van der Waals surface area contributed by atoms with Crippen LogP contribution >= 0.6 is 23.2 Å². The number of ether oxygens (including phenoxy) is 1. The van der Waals surface area contributed by atoms with Gasteiger partial charge in [-0.3, -0.25) is 13.9 Å². The highest BCUT2D eigenvalue weighted by atomic mass is 35.5. The number of hydrogen-bond donors (Lipinski definition) is 1. The van der Waals surface area contributed by atoms with Crippen molar-refractivity contribution in [2.75, 3.05) is 24.5 Å². The molecule has 2 amide bonds. The van der Waals surface area contributed by atoms with Gasteiger partial charge in [-0.1, -0.05) is 89.4 Å². The minimum Gasteiger partial charge on any atom is -0.492 e. The van der Waals surface area contributed by atoms with Gasteiger partial charge in [0.25, 0.3) is 10.0 Å². The second kappa shape index (κ2) is 15.3. The van der Waals surface area contributed by atoms with Gasteiger partial charge in [0.05, 0.1) is 27.2 Å². The molecule has 0 fully saturated rings. The molecule has 0 saturated heterocycles. The molecule has 8 nitrogen and oxygen atoms in total. The van der Waals surface area contributed by atoms with Crippen molar-refractivity contribution in [2.24, 2.45) is 0 Å². The van der Waals surface area contributed by atoms with Gasteiger partial charge in [0, 0.05) is 20.0 Å². The van der Waals surface area contributed by atoms with Crippen molar-refractivity contribution < 1.29 is 22.7 Å². The zero-order chi connectivity index (χ0) is 32.6. The van der Waals surface area contributed by atoms with Gasteiger partial charge >= 0.3 is 0 Å². The lowest BCUT2D eigenvalue weighted by molar-refractivity contribution is -0.139. The maximum atomic E-state index is 14.5. The largest absolute Gasteiger partial charge is 0.492 e. The molecule has 0 aliphatic carbocycles. The molecule has 0 aliphatic rings. The lowest BCUT2D eigenvalue weighted by atomic mass is 10.0. The molecule has 11 heteroatoms. The number of nitrogens with one attached hydrogen (secondary N) is 1. The number of carbonyl (C=O) groups excluding carboxylic acids is 2. The summed E-state index contributed by atoms with van der Waals surface area (Å²) in [4.78, 5) is 29.3. The van der Waals surface area contributed by atoms with Crippen LogP contribution in [0, 0.1) is 6.92 Å². The first kappa shape index (κ1) is 33.8. The van der Waals surface area contributed by atoms with Crippen molar-refractivity contribution in [2.45, 2.75) is 37.8 Å². The topological polar surface area (TPSA) is 96.0 Å². The highest BCUT2D eigenvalue weighted by molar-refractivity contribution is 7.92. The van der Waals surface area contributed by atoms with Crippen LogP contribution in [0.25, 0.3) is 0 Å². The molecule has 0 saturated carbocycles. The van der Waals surface area contributed by atoms with Gasteiger partial charge in [-0.2, -0.15) is 0 Å². The smallest absolute Gasteiger partial charge is 0.264 e. The van der Waals surface area contributed by atoms with E-state index in [1.54, 1.807) is 61.5 Å². The van der Waals surface area contributed by atoms with E-state index in [1.165, 1.54) is 24.1 Å². The van der Waals surface area contributed by atoms with Gasteiger partial charge < -0.3 is 15.0 Å². The highest BCUT2D eigenvalue weighted by Gasteiger charge is 2.35. The molecule has 4 aromatic rings. The van der Waals surface area contributed by atoms with Crippen LogP contribution in [0.15, 0.2) is 102 Å². The number of carbonyl (C=O) groups is 2. The summed E-state index contributed by atoms with van der Waals surface area (Å²) in [7, 11) is -2.77. The van der Waals surface area contributed by atoms with Gasteiger partial charge in [0.15, 0.2) is 0 Å². The summed E-state index contributed by atoms with van der Waals surface area (Å²) < 4.78 is 35.3. The average molecular weight is 669 g/mol. The van der Waals surface area contributed by atoms with Crippen molar-refractivity contribution in [3.8, 4) is 5.75 Å². The van der Waals surface area contributed by atoms with E-state index in [4.69, 9.17) is 27.9 Å². The number of sulfonamides is 1.